The lowest BCUT2D eigenvalue weighted by molar-refractivity contribution is -0.141. The summed E-state index contributed by atoms with van der Waals surface area (Å²) in [6.45, 7) is 2.39. The third kappa shape index (κ3) is 2.67. The van der Waals surface area contributed by atoms with E-state index >= 15 is 0 Å². The molecular formula is C15H12F3NO. The molecule has 20 heavy (non-hydrogen) atoms. The van der Waals surface area contributed by atoms with Crippen molar-refractivity contribution in [2.75, 3.05) is 6.61 Å². The molecule has 0 amide bonds. The van der Waals surface area contributed by atoms with Gasteiger partial charge in [0.2, 0.25) is 0 Å². The fourth-order valence-electron chi connectivity index (χ4n) is 2.00. The van der Waals surface area contributed by atoms with Crippen molar-refractivity contribution in [3.63, 3.8) is 0 Å². The summed E-state index contributed by atoms with van der Waals surface area (Å²) < 4.78 is 43.8. The molecule has 1 fully saturated rings. The van der Waals surface area contributed by atoms with Crippen molar-refractivity contribution in [3.05, 3.63) is 53.2 Å². The minimum Gasteiger partial charge on any atom is -0.368 e. The number of epoxide rings is 1. The van der Waals surface area contributed by atoms with Gasteiger partial charge in [-0.15, -0.1) is 0 Å². The average molecular weight is 279 g/mol. The minimum atomic E-state index is -4.45. The number of pyridine rings is 1. The van der Waals surface area contributed by atoms with E-state index in [1.165, 1.54) is 0 Å². The van der Waals surface area contributed by atoms with Crippen LogP contribution < -0.4 is 0 Å². The maximum Gasteiger partial charge on any atom is 0.433 e. The van der Waals surface area contributed by atoms with Gasteiger partial charge in [-0.1, -0.05) is 29.8 Å². The van der Waals surface area contributed by atoms with E-state index in [-0.39, 0.29) is 6.10 Å². The van der Waals surface area contributed by atoms with Crippen LogP contribution in [0.3, 0.4) is 0 Å². The Morgan fingerprint density at radius 1 is 1.15 bits per heavy atom. The van der Waals surface area contributed by atoms with Crippen LogP contribution in [0.4, 0.5) is 13.2 Å². The number of hydrogen-bond donors (Lipinski definition) is 0. The minimum absolute atomic E-state index is 0.233. The van der Waals surface area contributed by atoms with Gasteiger partial charge in [0.15, 0.2) is 0 Å². The van der Waals surface area contributed by atoms with E-state index in [0.717, 1.165) is 11.6 Å². The Kier molecular flexibility index (Phi) is 3.01. The summed E-state index contributed by atoms with van der Waals surface area (Å²) in [7, 11) is 0. The molecule has 0 unspecified atom stereocenters. The molecule has 0 radical (unpaired) electrons. The largest absolute Gasteiger partial charge is 0.433 e. The number of rotatable bonds is 2. The van der Waals surface area contributed by atoms with Crippen molar-refractivity contribution in [2.45, 2.75) is 19.2 Å². The number of alkyl halides is 3. The van der Waals surface area contributed by atoms with Gasteiger partial charge in [-0.25, -0.2) is 4.98 Å². The van der Waals surface area contributed by atoms with Crippen LogP contribution in [0.15, 0.2) is 36.4 Å². The summed E-state index contributed by atoms with van der Waals surface area (Å²) in [5, 5.41) is 0. The normalized spacial score (nSPS) is 18.1. The Morgan fingerprint density at radius 3 is 2.35 bits per heavy atom. The molecule has 1 aliphatic heterocycles. The molecule has 0 bridgehead atoms. The van der Waals surface area contributed by atoms with Crippen LogP contribution in [0.25, 0.3) is 11.3 Å². The first-order valence-corrected chi connectivity index (χ1v) is 6.21. The monoisotopic (exact) mass is 279 g/mol. The first kappa shape index (κ1) is 13.1. The van der Waals surface area contributed by atoms with E-state index < -0.39 is 11.9 Å². The fraction of sp³-hybridized carbons (Fsp3) is 0.267. The standard InChI is InChI=1S/C15H12F3NO/c1-9-2-4-10(5-3-9)12-6-11(13-8-20-13)7-14(19-12)15(16,17)18/h2-7,13H,8H2,1H3/t13-/m1/s1. The molecule has 2 heterocycles. The molecule has 1 atom stereocenters. The third-order valence-electron chi connectivity index (χ3n) is 3.19. The number of halogens is 3. The van der Waals surface area contributed by atoms with Crippen molar-refractivity contribution in [3.8, 4) is 11.3 Å². The third-order valence-corrected chi connectivity index (χ3v) is 3.19. The van der Waals surface area contributed by atoms with Crippen LogP contribution >= 0.6 is 0 Å². The highest BCUT2D eigenvalue weighted by Crippen LogP contribution is 2.36. The molecule has 2 aromatic rings. The van der Waals surface area contributed by atoms with Crippen molar-refractivity contribution >= 4 is 0 Å². The second kappa shape index (κ2) is 4.59. The Labute approximate surface area is 114 Å². The summed E-state index contributed by atoms with van der Waals surface area (Å²) in [5.41, 5.74) is 1.70. The smallest absolute Gasteiger partial charge is 0.368 e. The molecule has 0 N–H and O–H groups in total. The van der Waals surface area contributed by atoms with Gasteiger partial charge in [-0.2, -0.15) is 13.2 Å². The number of benzene rings is 1. The van der Waals surface area contributed by atoms with Crippen LogP contribution in [0.5, 0.6) is 0 Å². The second-order valence-corrected chi connectivity index (χ2v) is 4.86. The number of hydrogen-bond acceptors (Lipinski definition) is 2. The zero-order valence-corrected chi connectivity index (χ0v) is 10.7. The molecule has 1 aromatic heterocycles. The van der Waals surface area contributed by atoms with Gasteiger partial charge >= 0.3 is 6.18 Å². The molecule has 1 aromatic carbocycles. The van der Waals surface area contributed by atoms with Crippen LogP contribution in [-0.2, 0) is 10.9 Å². The van der Waals surface area contributed by atoms with Crippen LogP contribution in [0, 0.1) is 6.92 Å². The zero-order chi connectivity index (χ0) is 14.3. The number of ether oxygens (including phenoxy) is 1. The van der Waals surface area contributed by atoms with Gasteiger partial charge in [-0.05, 0) is 24.6 Å². The highest BCUT2D eigenvalue weighted by molar-refractivity contribution is 5.61. The predicted molar refractivity (Wildman–Crippen MR) is 68.1 cm³/mol. The second-order valence-electron chi connectivity index (χ2n) is 4.86. The van der Waals surface area contributed by atoms with E-state index in [9.17, 15) is 13.2 Å². The summed E-state index contributed by atoms with van der Waals surface area (Å²) in [5.74, 6) is 0. The molecule has 0 spiro atoms. The van der Waals surface area contributed by atoms with Gasteiger partial charge in [-0.3, -0.25) is 0 Å². The number of aryl methyl sites for hydroxylation is 1. The molecule has 0 aliphatic carbocycles. The van der Waals surface area contributed by atoms with Crippen molar-refractivity contribution in [1.29, 1.82) is 0 Å². The van der Waals surface area contributed by atoms with Crippen molar-refractivity contribution in [2.24, 2.45) is 0 Å². The number of nitrogens with zero attached hydrogens (tertiary/aromatic N) is 1. The van der Waals surface area contributed by atoms with Gasteiger partial charge in [0.25, 0.3) is 0 Å². The van der Waals surface area contributed by atoms with E-state index in [1.54, 1.807) is 18.2 Å². The lowest BCUT2D eigenvalue weighted by atomic mass is 10.0. The van der Waals surface area contributed by atoms with Gasteiger partial charge in [0, 0.05) is 5.56 Å². The molecule has 5 heteroatoms. The quantitative estimate of drug-likeness (QED) is 0.772. The SMILES string of the molecule is Cc1ccc(-c2cc([C@H]3CO3)cc(C(F)(F)F)n2)cc1. The highest BCUT2D eigenvalue weighted by atomic mass is 19.4. The van der Waals surface area contributed by atoms with E-state index in [0.29, 0.717) is 23.4 Å². The molecule has 2 nitrogen and oxygen atoms in total. The fourth-order valence-corrected chi connectivity index (χ4v) is 2.00. The lowest BCUT2D eigenvalue weighted by Crippen LogP contribution is -2.09. The summed E-state index contributed by atoms with van der Waals surface area (Å²) in [6.07, 6.45) is -4.69. The predicted octanol–water partition coefficient (Wildman–Crippen LogP) is 4.15. The molecule has 104 valence electrons. The van der Waals surface area contributed by atoms with Crippen LogP contribution in [-0.4, -0.2) is 11.6 Å². The Morgan fingerprint density at radius 2 is 1.80 bits per heavy atom. The lowest BCUT2D eigenvalue weighted by Gasteiger charge is -2.10. The summed E-state index contributed by atoms with van der Waals surface area (Å²) >= 11 is 0. The van der Waals surface area contributed by atoms with Crippen LogP contribution in [0.1, 0.15) is 22.9 Å². The highest BCUT2D eigenvalue weighted by Gasteiger charge is 2.35. The molecule has 1 saturated heterocycles. The molecule has 3 rings (SSSR count). The molecule has 0 saturated carbocycles. The van der Waals surface area contributed by atoms with E-state index in [1.807, 2.05) is 19.1 Å². The first-order chi connectivity index (χ1) is 9.43. The maximum atomic E-state index is 12.9. The van der Waals surface area contributed by atoms with Crippen molar-refractivity contribution in [1.82, 2.24) is 4.98 Å². The summed E-state index contributed by atoms with van der Waals surface area (Å²) in [6, 6.07) is 9.98. The Hall–Kier alpha value is -1.88. The average Bonchev–Trinajstić information content (AvgIpc) is 3.22. The van der Waals surface area contributed by atoms with Gasteiger partial charge in [0.05, 0.1) is 12.3 Å². The van der Waals surface area contributed by atoms with E-state index in [2.05, 4.69) is 4.98 Å². The molecular weight excluding hydrogens is 267 g/mol. The number of aromatic nitrogens is 1. The first-order valence-electron chi connectivity index (χ1n) is 6.21. The van der Waals surface area contributed by atoms with E-state index in [4.69, 9.17) is 4.74 Å². The zero-order valence-electron chi connectivity index (χ0n) is 10.7. The van der Waals surface area contributed by atoms with Crippen LogP contribution in [0.2, 0.25) is 0 Å². The van der Waals surface area contributed by atoms with Gasteiger partial charge < -0.3 is 4.74 Å². The molecule has 1 aliphatic rings. The summed E-state index contributed by atoms with van der Waals surface area (Å²) in [4.78, 5) is 3.73. The van der Waals surface area contributed by atoms with Crippen molar-refractivity contribution < 1.29 is 17.9 Å². The topological polar surface area (TPSA) is 25.4 Å². The maximum absolute atomic E-state index is 12.9. The Bertz CT molecular complexity index is 631. The Balaban J connectivity index is 2.09. The van der Waals surface area contributed by atoms with Gasteiger partial charge in [0.1, 0.15) is 11.8 Å².